The lowest BCUT2D eigenvalue weighted by Gasteiger charge is -2.15. The molecule has 1 unspecified atom stereocenters. The van der Waals surface area contributed by atoms with Crippen molar-refractivity contribution in [3.63, 3.8) is 0 Å². The lowest BCUT2D eigenvalue weighted by molar-refractivity contribution is -0.126. The van der Waals surface area contributed by atoms with Gasteiger partial charge in [0.05, 0.1) is 18.0 Å². The summed E-state index contributed by atoms with van der Waals surface area (Å²) in [6.45, 7) is 2.67. The molecule has 152 valence electrons. The van der Waals surface area contributed by atoms with Crippen molar-refractivity contribution in [2.24, 2.45) is 10.2 Å². The van der Waals surface area contributed by atoms with Crippen LogP contribution in [0.15, 0.2) is 64.8 Å². The van der Waals surface area contributed by atoms with Crippen LogP contribution in [0, 0.1) is 0 Å². The first-order valence-corrected chi connectivity index (χ1v) is 10.9. The van der Waals surface area contributed by atoms with Gasteiger partial charge in [-0.1, -0.05) is 74.0 Å². The van der Waals surface area contributed by atoms with E-state index in [2.05, 4.69) is 22.0 Å². The maximum absolute atomic E-state index is 12.9. The second kappa shape index (κ2) is 10.3. The highest BCUT2D eigenvalue weighted by Crippen LogP contribution is 2.32. The van der Waals surface area contributed by atoms with E-state index in [0.717, 1.165) is 36.1 Å². The topological polar surface area (TPSA) is 48.3 Å². The maximum atomic E-state index is 12.9. The number of carbonyl (C=O) groups is 1. The third-order valence-electron chi connectivity index (χ3n) is 4.78. The molecule has 1 saturated heterocycles. The number of hydrogen-bond acceptors (Lipinski definition) is 5. The Labute approximate surface area is 177 Å². The summed E-state index contributed by atoms with van der Waals surface area (Å²) in [4.78, 5) is 16.8. The Bertz CT molecular complexity index is 862. The number of unbranched alkanes of at least 4 members (excludes halogenated alkanes) is 1. The molecule has 0 radical (unpaired) electrons. The van der Waals surface area contributed by atoms with Crippen molar-refractivity contribution in [3.8, 4) is 0 Å². The number of amides is 1. The Morgan fingerprint density at radius 3 is 2.48 bits per heavy atom. The molecule has 1 aliphatic rings. The second-order valence-electron chi connectivity index (χ2n) is 7.27. The molecule has 0 saturated carbocycles. The van der Waals surface area contributed by atoms with Gasteiger partial charge in [0.15, 0.2) is 5.17 Å². The number of anilines is 1. The van der Waals surface area contributed by atoms with Crippen molar-refractivity contribution in [3.05, 3.63) is 65.7 Å². The molecule has 1 heterocycles. The second-order valence-corrected chi connectivity index (χ2v) is 8.44. The SMILES string of the molecule is CCCCC1SC(=NN=Cc2ccc(N(C)C)cc2)N(Cc2ccccc2)C1=O. The highest BCUT2D eigenvalue weighted by molar-refractivity contribution is 8.15. The van der Waals surface area contributed by atoms with E-state index in [1.165, 1.54) is 11.8 Å². The van der Waals surface area contributed by atoms with Crippen LogP contribution in [0.4, 0.5) is 5.69 Å². The van der Waals surface area contributed by atoms with Crippen molar-refractivity contribution in [1.29, 1.82) is 0 Å². The van der Waals surface area contributed by atoms with Crippen LogP contribution in [-0.4, -0.2) is 41.5 Å². The molecule has 0 aliphatic carbocycles. The number of rotatable bonds is 8. The third kappa shape index (κ3) is 5.70. The van der Waals surface area contributed by atoms with Crippen LogP contribution < -0.4 is 4.90 Å². The van der Waals surface area contributed by atoms with Crippen molar-refractivity contribution in [2.75, 3.05) is 19.0 Å². The van der Waals surface area contributed by atoms with Crippen molar-refractivity contribution < 1.29 is 4.79 Å². The summed E-state index contributed by atoms with van der Waals surface area (Å²) in [6, 6.07) is 18.1. The number of amidine groups is 1. The molecule has 1 aliphatic heterocycles. The van der Waals surface area contributed by atoms with Gasteiger partial charge in [-0.05, 0) is 29.7 Å². The lowest BCUT2D eigenvalue weighted by Crippen LogP contribution is -2.31. The lowest BCUT2D eigenvalue weighted by atomic mass is 10.1. The molecule has 2 aromatic rings. The summed E-state index contributed by atoms with van der Waals surface area (Å²) in [5.41, 5.74) is 3.21. The average molecular weight is 409 g/mol. The zero-order chi connectivity index (χ0) is 20.6. The number of thioether (sulfide) groups is 1. The highest BCUT2D eigenvalue weighted by Gasteiger charge is 2.37. The first kappa shape index (κ1) is 21.1. The fourth-order valence-electron chi connectivity index (χ4n) is 3.07. The minimum absolute atomic E-state index is 0.0630. The first-order chi connectivity index (χ1) is 14.1. The smallest absolute Gasteiger partial charge is 0.242 e. The fraction of sp³-hybridized carbons (Fsp3) is 0.348. The molecule has 0 bridgehead atoms. The summed E-state index contributed by atoms with van der Waals surface area (Å²) in [5, 5.41) is 9.30. The Hall–Kier alpha value is -2.60. The van der Waals surface area contributed by atoms with Gasteiger partial charge >= 0.3 is 0 Å². The summed E-state index contributed by atoms with van der Waals surface area (Å²) in [5.74, 6) is 0.136. The van der Waals surface area contributed by atoms with Crippen LogP contribution in [-0.2, 0) is 11.3 Å². The van der Waals surface area contributed by atoms with Crippen molar-refractivity contribution in [1.82, 2.24) is 4.90 Å². The van der Waals surface area contributed by atoms with Gasteiger partial charge < -0.3 is 4.90 Å². The zero-order valence-corrected chi connectivity index (χ0v) is 18.1. The van der Waals surface area contributed by atoms with E-state index in [9.17, 15) is 4.79 Å². The van der Waals surface area contributed by atoms with E-state index in [-0.39, 0.29) is 11.2 Å². The molecule has 29 heavy (non-hydrogen) atoms. The van der Waals surface area contributed by atoms with Crippen LogP contribution >= 0.6 is 11.8 Å². The van der Waals surface area contributed by atoms with Crippen LogP contribution in [0.2, 0.25) is 0 Å². The average Bonchev–Trinajstić information content (AvgIpc) is 3.02. The van der Waals surface area contributed by atoms with Gasteiger partial charge in [-0.25, -0.2) is 0 Å². The number of hydrogen-bond donors (Lipinski definition) is 0. The molecule has 1 amide bonds. The molecule has 2 aromatic carbocycles. The fourth-order valence-corrected chi connectivity index (χ4v) is 4.22. The van der Waals surface area contributed by atoms with Crippen molar-refractivity contribution in [2.45, 2.75) is 38.0 Å². The number of nitrogens with zero attached hydrogens (tertiary/aromatic N) is 4. The molecule has 3 rings (SSSR count). The van der Waals surface area contributed by atoms with Gasteiger partial charge in [-0.3, -0.25) is 9.69 Å². The van der Waals surface area contributed by atoms with Gasteiger partial charge in [-0.15, -0.1) is 5.10 Å². The summed E-state index contributed by atoms with van der Waals surface area (Å²) >= 11 is 1.53. The Balaban J connectivity index is 1.76. The molecule has 0 spiro atoms. The molecule has 1 fully saturated rings. The molecule has 1 atom stereocenters. The van der Waals surface area contributed by atoms with Gasteiger partial charge in [0, 0.05) is 19.8 Å². The van der Waals surface area contributed by atoms with E-state index in [4.69, 9.17) is 0 Å². The van der Waals surface area contributed by atoms with Crippen molar-refractivity contribution >= 4 is 34.7 Å². The van der Waals surface area contributed by atoms with Gasteiger partial charge in [0.2, 0.25) is 5.91 Å². The maximum Gasteiger partial charge on any atom is 0.242 e. The molecule has 0 aromatic heterocycles. The van der Waals surface area contributed by atoms with Gasteiger partial charge in [0.1, 0.15) is 0 Å². The molecule has 6 heteroatoms. The van der Waals surface area contributed by atoms with E-state index in [1.807, 2.05) is 68.7 Å². The zero-order valence-electron chi connectivity index (χ0n) is 17.3. The summed E-state index contributed by atoms with van der Waals surface area (Å²) in [6.07, 6.45) is 4.73. The normalized spacial score (nSPS) is 18.2. The van der Waals surface area contributed by atoms with Crippen LogP contribution in [0.3, 0.4) is 0 Å². The van der Waals surface area contributed by atoms with E-state index in [1.54, 1.807) is 11.1 Å². The number of carbonyl (C=O) groups excluding carboxylic acids is 1. The van der Waals surface area contributed by atoms with Crippen LogP contribution in [0.25, 0.3) is 0 Å². The Kier molecular flexibility index (Phi) is 7.47. The monoisotopic (exact) mass is 408 g/mol. The molecular formula is C23H28N4OS. The number of benzene rings is 2. The van der Waals surface area contributed by atoms with Gasteiger partial charge in [-0.2, -0.15) is 5.10 Å². The van der Waals surface area contributed by atoms with E-state index < -0.39 is 0 Å². The quantitative estimate of drug-likeness (QED) is 0.467. The van der Waals surface area contributed by atoms with Crippen LogP contribution in [0.1, 0.15) is 37.3 Å². The summed E-state index contributed by atoms with van der Waals surface area (Å²) < 4.78 is 0. The van der Waals surface area contributed by atoms with E-state index in [0.29, 0.717) is 11.7 Å². The third-order valence-corrected chi connectivity index (χ3v) is 6.02. The largest absolute Gasteiger partial charge is 0.378 e. The predicted octanol–water partition coefficient (Wildman–Crippen LogP) is 4.78. The predicted molar refractivity (Wildman–Crippen MR) is 124 cm³/mol. The van der Waals surface area contributed by atoms with E-state index >= 15 is 0 Å². The van der Waals surface area contributed by atoms with Gasteiger partial charge in [0.25, 0.3) is 0 Å². The minimum Gasteiger partial charge on any atom is -0.378 e. The Morgan fingerprint density at radius 1 is 1.10 bits per heavy atom. The summed E-state index contributed by atoms with van der Waals surface area (Å²) in [7, 11) is 4.03. The highest BCUT2D eigenvalue weighted by atomic mass is 32.2. The molecular weight excluding hydrogens is 380 g/mol. The minimum atomic E-state index is -0.0630. The Morgan fingerprint density at radius 2 is 1.83 bits per heavy atom. The van der Waals surface area contributed by atoms with Crippen LogP contribution in [0.5, 0.6) is 0 Å². The first-order valence-electron chi connectivity index (χ1n) is 9.99. The molecule has 0 N–H and O–H groups in total. The molecule has 5 nitrogen and oxygen atoms in total. The standard InChI is InChI=1S/C23H28N4OS/c1-4-5-11-21-22(28)27(17-19-9-7-6-8-10-19)23(29-21)25-24-16-18-12-14-20(15-13-18)26(2)3/h6-10,12-16,21H,4-5,11,17H2,1-3H3.